The molecule has 1 aromatic carbocycles. The topological polar surface area (TPSA) is 38.7 Å². The summed E-state index contributed by atoms with van der Waals surface area (Å²) in [5.74, 6) is -0.408. The van der Waals surface area contributed by atoms with Crippen LogP contribution < -0.4 is 0 Å². The molecule has 4 heteroatoms. The van der Waals surface area contributed by atoms with E-state index in [0.717, 1.165) is 6.42 Å². The lowest BCUT2D eigenvalue weighted by Crippen LogP contribution is -2.09. The maximum Gasteiger partial charge on any atom is 0.126 e. The highest BCUT2D eigenvalue weighted by molar-refractivity contribution is 5.21. The number of hydrogen-bond donors (Lipinski definition) is 1. The third-order valence-corrected chi connectivity index (χ3v) is 2.84. The number of aliphatic hydroxyl groups is 1. The molecule has 0 aliphatic carbocycles. The minimum atomic E-state index is -0.253. The van der Waals surface area contributed by atoms with E-state index in [9.17, 15) is 9.50 Å². The van der Waals surface area contributed by atoms with Gasteiger partial charge in [-0.3, -0.25) is 0 Å². The van der Waals surface area contributed by atoms with Crippen LogP contribution in [0.1, 0.15) is 24.3 Å². The first-order chi connectivity index (χ1) is 8.79. The summed E-state index contributed by atoms with van der Waals surface area (Å²) in [5.41, 5.74) is 0.580. The summed E-state index contributed by atoms with van der Waals surface area (Å²) >= 11 is 0. The maximum absolute atomic E-state index is 13.5. The number of aliphatic hydroxyl groups excluding tert-OH is 1. The highest BCUT2D eigenvalue weighted by Gasteiger charge is 2.13. The van der Waals surface area contributed by atoms with Gasteiger partial charge in [0, 0.05) is 19.6 Å². The van der Waals surface area contributed by atoms with Gasteiger partial charge < -0.3 is 14.6 Å². The molecule has 0 aliphatic heterocycles. The number of ether oxygens (including phenoxy) is 2. The molecule has 0 bridgehead atoms. The van der Waals surface area contributed by atoms with Gasteiger partial charge in [0.05, 0.1) is 19.8 Å². The van der Waals surface area contributed by atoms with Crippen LogP contribution in [0.4, 0.5) is 4.39 Å². The Kier molecular flexibility index (Phi) is 7.57. The number of hydrogen-bond acceptors (Lipinski definition) is 3. The van der Waals surface area contributed by atoms with Crippen LogP contribution in [-0.2, 0) is 9.47 Å². The van der Waals surface area contributed by atoms with Crippen molar-refractivity contribution in [3.05, 3.63) is 35.6 Å². The molecular weight excluding hydrogens is 235 g/mol. The summed E-state index contributed by atoms with van der Waals surface area (Å²) in [6.45, 7) is 1.71. The summed E-state index contributed by atoms with van der Waals surface area (Å²) in [4.78, 5) is 0. The zero-order valence-corrected chi connectivity index (χ0v) is 10.8. The van der Waals surface area contributed by atoms with Crippen LogP contribution in [0.3, 0.4) is 0 Å². The summed E-state index contributed by atoms with van der Waals surface area (Å²) < 4.78 is 23.7. The van der Waals surface area contributed by atoms with E-state index in [1.807, 2.05) is 0 Å². The molecule has 0 heterocycles. The lowest BCUT2D eigenvalue weighted by Gasteiger charge is -2.15. The van der Waals surface area contributed by atoms with Crippen molar-refractivity contribution in [3.63, 3.8) is 0 Å². The van der Waals surface area contributed by atoms with E-state index in [0.29, 0.717) is 31.8 Å². The fraction of sp³-hybridized carbons (Fsp3) is 0.571. The highest BCUT2D eigenvalue weighted by atomic mass is 19.1. The van der Waals surface area contributed by atoms with E-state index in [2.05, 4.69) is 0 Å². The van der Waals surface area contributed by atoms with Crippen molar-refractivity contribution in [1.29, 1.82) is 0 Å². The average Bonchev–Trinajstić information content (AvgIpc) is 2.39. The summed E-state index contributed by atoms with van der Waals surface area (Å²) in [6.07, 6.45) is 1.51. The van der Waals surface area contributed by atoms with Gasteiger partial charge in [0.2, 0.25) is 0 Å². The second-order valence-corrected chi connectivity index (χ2v) is 4.15. The van der Waals surface area contributed by atoms with Gasteiger partial charge >= 0.3 is 0 Å². The summed E-state index contributed by atoms with van der Waals surface area (Å²) in [5, 5.41) is 9.32. The largest absolute Gasteiger partial charge is 0.396 e. The molecule has 1 rings (SSSR count). The van der Waals surface area contributed by atoms with Gasteiger partial charge in [-0.15, -0.1) is 0 Å². The highest BCUT2D eigenvalue weighted by Crippen LogP contribution is 2.23. The lowest BCUT2D eigenvalue weighted by molar-refractivity contribution is 0.0673. The molecule has 0 radical (unpaired) electrons. The Balaban J connectivity index is 2.32. The molecule has 18 heavy (non-hydrogen) atoms. The van der Waals surface area contributed by atoms with Gasteiger partial charge in [0.15, 0.2) is 0 Å². The monoisotopic (exact) mass is 256 g/mol. The standard InChI is InChI=1S/C14H21FO3/c1-17-9-10-18-8-4-5-12(11-16)13-6-2-3-7-14(13)15/h2-3,6-7,12,16H,4-5,8-11H2,1H3. The fourth-order valence-corrected chi connectivity index (χ4v) is 1.83. The third-order valence-electron chi connectivity index (χ3n) is 2.84. The van der Waals surface area contributed by atoms with E-state index >= 15 is 0 Å². The first kappa shape index (κ1) is 15.1. The van der Waals surface area contributed by atoms with Gasteiger partial charge in [-0.25, -0.2) is 4.39 Å². The number of benzene rings is 1. The van der Waals surface area contributed by atoms with Gasteiger partial charge in [-0.1, -0.05) is 18.2 Å². The third kappa shape index (κ3) is 5.12. The first-order valence-electron chi connectivity index (χ1n) is 6.21. The Morgan fingerprint density at radius 3 is 2.67 bits per heavy atom. The Morgan fingerprint density at radius 1 is 1.22 bits per heavy atom. The van der Waals surface area contributed by atoms with Crippen LogP contribution in [0.2, 0.25) is 0 Å². The minimum absolute atomic E-state index is 0.0427. The van der Waals surface area contributed by atoms with Gasteiger partial charge in [0.25, 0.3) is 0 Å². The van der Waals surface area contributed by atoms with Crippen molar-refractivity contribution >= 4 is 0 Å². The molecule has 1 aromatic rings. The minimum Gasteiger partial charge on any atom is -0.396 e. The fourth-order valence-electron chi connectivity index (χ4n) is 1.83. The quantitative estimate of drug-likeness (QED) is 0.689. The Hall–Kier alpha value is -0.970. The molecule has 0 spiro atoms. The predicted molar refractivity (Wildman–Crippen MR) is 68.2 cm³/mol. The van der Waals surface area contributed by atoms with Crippen LogP contribution in [0, 0.1) is 5.82 Å². The molecule has 0 amide bonds. The van der Waals surface area contributed by atoms with Crippen molar-refractivity contribution in [1.82, 2.24) is 0 Å². The molecule has 0 fully saturated rings. The van der Waals surface area contributed by atoms with Crippen molar-refractivity contribution < 1.29 is 19.0 Å². The normalized spacial score (nSPS) is 12.6. The first-order valence-corrected chi connectivity index (χ1v) is 6.21. The molecule has 1 N–H and O–H groups in total. The van der Waals surface area contributed by atoms with E-state index < -0.39 is 0 Å². The number of rotatable bonds is 9. The zero-order chi connectivity index (χ0) is 13.2. The molecular formula is C14H21FO3. The van der Waals surface area contributed by atoms with Gasteiger partial charge in [-0.05, 0) is 24.5 Å². The van der Waals surface area contributed by atoms with E-state index in [1.165, 1.54) is 6.07 Å². The van der Waals surface area contributed by atoms with Crippen LogP contribution >= 0.6 is 0 Å². The van der Waals surface area contributed by atoms with E-state index in [1.54, 1.807) is 25.3 Å². The summed E-state index contributed by atoms with van der Waals surface area (Å²) in [6, 6.07) is 6.59. The van der Waals surface area contributed by atoms with Crippen molar-refractivity contribution in [2.45, 2.75) is 18.8 Å². The van der Waals surface area contributed by atoms with E-state index in [4.69, 9.17) is 9.47 Å². The van der Waals surface area contributed by atoms with Gasteiger partial charge in [-0.2, -0.15) is 0 Å². The lowest BCUT2D eigenvalue weighted by atomic mass is 9.95. The Bertz CT molecular complexity index is 331. The van der Waals surface area contributed by atoms with Crippen LogP contribution in [0.5, 0.6) is 0 Å². The second-order valence-electron chi connectivity index (χ2n) is 4.15. The molecule has 3 nitrogen and oxygen atoms in total. The van der Waals surface area contributed by atoms with Crippen LogP contribution in [0.15, 0.2) is 24.3 Å². The molecule has 0 aromatic heterocycles. The number of methoxy groups -OCH3 is 1. The van der Waals surface area contributed by atoms with Crippen LogP contribution in [-0.4, -0.2) is 38.6 Å². The smallest absolute Gasteiger partial charge is 0.126 e. The predicted octanol–water partition coefficient (Wildman–Crippen LogP) is 2.34. The average molecular weight is 256 g/mol. The maximum atomic E-state index is 13.5. The Labute approximate surface area is 108 Å². The summed E-state index contributed by atoms with van der Waals surface area (Å²) in [7, 11) is 1.63. The van der Waals surface area contributed by atoms with Gasteiger partial charge in [0.1, 0.15) is 5.82 Å². The SMILES string of the molecule is COCCOCCCC(CO)c1ccccc1F. The van der Waals surface area contributed by atoms with Crippen molar-refractivity contribution in [2.75, 3.05) is 33.5 Å². The second kappa shape index (κ2) is 9.03. The van der Waals surface area contributed by atoms with E-state index in [-0.39, 0.29) is 18.3 Å². The molecule has 0 saturated heterocycles. The molecule has 1 atom stereocenters. The molecule has 1 unspecified atom stereocenters. The van der Waals surface area contributed by atoms with Crippen LogP contribution in [0.25, 0.3) is 0 Å². The van der Waals surface area contributed by atoms with Crippen molar-refractivity contribution in [2.24, 2.45) is 0 Å². The van der Waals surface area contributed by atoms with Crippen molar-refractivity contribution in [3.8, 4) is 0 Å². The molecule has 0 saturated carbocycles. The number of halogens is 1. The zero-order valence-electron chi connectivity index (χ0n) is 10.8. The molecule has 0 aliphatic rings. The molecule has 102 valence electrons. The Morgan fingerprint density at radius 2 is 2.00 bits per heavy atom.